The summed E-state index contributed by atoms with van der Waals surface area (Å²) in [5.41, 5.74) is 5.09. The van der Waals surface area contributed by atoms with Crippen molar-refractivity contribution in [3.63, 3.8) is 0 Å². The molecule has 0 amide bonds. The summed E-state index contributed by atoms with van der Waals surface area (Å²) in [6, 6.07) is 8.68. The summed E-state index contributed by atoms with van der Waals surface area (Å²) < 4.78 is 0. The molecule has 0 radical (unpaired) electrons. The van der Waals surface area contributed by atoms with E-state index in [2.05, 4.69) is 75.7 Å². The minimum absolute atomic E-state index is 0.713. The Bertz CT molecular complexity index is 802. The van der Waals surface area contributed by atoms with Gasteiger partial charge in [0.25, 0.3) is 0 Å². The van der Waals surface area contributed by atoms with Crippen molar-refractivity contribution < 1.29 is 0 Å². The second kappa shape index (κ2) is 8.02. The standard InChI is InChI=1S/C19H24N4S/c1-3-20-19(23-11-15-7-9-24-13-15)21-8-6-16-12-22-18-10-14(2)4-5-17(16)18/h4-5,7,9-10,12-13,22H,3,6,8,11H2,1-2H3,(H2,20,21,23). The number of nitrogens with one attached hydrogen (secondary N) is 3. The minimum Gasteiger partial charge on any atom is -0.361 e. The topological polar surface area (TPSA) is 52.2 Å². The first kappa shape index (κ1) is 16.6. The monoisotopic (exact) mass is 340 g/mol. The van der Waals surface area contributed by atoms with Crippen LogP contribution in [0, 0.1) is 6.92 Å². The Labute approximate surface area is 147 Å². The van der Waals surface area contributed by atoms with Gasteiger partial charge in [-0.1, -0.05) is 12.1 Å². The van der Waals surface area contributed by atoms with Crippen molar-refractivity contribution in [1.82, 2.24) is 15.6 Å². The molecule has 3 rings (SSSR count). The number of fused-ring (bicyclic) bond motifs is 1. The zero-order valence-electron chi connectivity index (χ0n) is 14.2. The van der Waals surface area contributed by atoms with Gasteiger partial charge in [-0.25, -0.2) is 4.99 Å². The van der Waals surface area contributed by atoms with Gasteiger partial charge in [0.2, 0.25) is 0 Å². The first-order valence-electron chi connectivity index (χ1n) is 8.36. The van der Waals surface area contributed by atoms with Gasteiger partial charge < -0.3 is 15.6 Å². The lowest BCUT2D eigenvalue weighted by molar-refractivity contribution is 0.802. The smallest absolute Gasteiger partial charge is 0.191 e. The lowest BCUT2D eigenvalue weighted by atomic mass is 10.1. The highest BCUT2D eigenvalue weighted by Crippen LogP contribution is 2.19. The van der Waals surface area contributed by atoms with Gasteiger partial charge in [0.05, 0.1) is 6.54 Å². The van der Waals surface area contributed by atoms with Gasteiger partial charge in [0.15, 0.2) is 5.96 Å². The molecule has 0 aliphatic heterocycles. The van der Waals surface area contributed by atoms with Crippen molar-refractivity contribution in [3.8, 4) is 0 Å². The third-order valence-electron chi connectivity index (χ3n) is 3.95. The Morgan fingerprint density at radius 1 is 1.25 bits per heavy atom. The van der Waals surface area contributed by atoms with E-state index >= 15 is 0 Å². The zero-order valence-corrected chi connectivity index (χ0v) is 15.0. The molecule has 3 N–H and O–H groups in total. The molecule has 126 valence electrons. The molecular weight excluding hydrogens is 316 g/mol. The quantitative estimate of drug-likeness (QED) is 0.472. The Kier molecular flexibility index (Phi) is 5.54. The van der Waals surface area contributed by atoms with Crippen molar-refractivity contribution in [3.05, 3.63) is 57.9 Å². The van der Waals surface area contributed by atoms with Crippen LogP contribution in [-0.4, -0.2) is 24.0 Å². The number of benzene rings is 1. The summed E-state index contributed by atoms with van der Waals surface area (Å²) in [5, 5.41) is 12.3. The summed E-state index contributed by atoms with van der Waals surface area (Å²) >= 11 is 1.71. The van der Waals surface area contributed by atoms with E-state index in [9.17, 15) is 0 Å². The minimum atomic E-state index is 0.713. The molecule has 5 heteroatoms. The predicted octanol–water partition coefficient (Wildman–Crippen LogP) is 3.84. The maximum absolute atomic E-state index is 4.64. The second-order valence-electron chi connectivity index (χ2n) is 5.87. The fraction of sp³-hybridized carbons (Fsp3) is 0.316. The number of aliphatic imine (C=N–C) groups is 1. The highest BCUT2D eigenvalue weighted by Gasteiger charge is 2.04. The molecule has 0 saturated carbocycles. The van der Waals surface area contributed by atoms with E-state index in [0.29, 0.717) is 6.54 Å². The molecule has 0 unspecified atom stereocenters. The van der Waals surface area contributed by atoms with Crippen molar-refractivity contribution in [2.45, 2.75) is 26.8 Å². The average molecular weight is 340 g/mol. The summed E-state index contributed by atoms with van der Waals surface area (Å²) in [6.45, 7) is 6.64. The molecule has 4 nitrogen and oxygen atoms in total. The van der Waals surface area contributed by atoms with Crippen LogP contribution in [0.2, 0.25) is 0 Å². The van der Waals surface area contributed by atoms with Crippen LogP contribution in [0.15, 0.2) is 46.2 Å². The van der Waals surface area contributed by atoms with Crippen LogP contribution < -0.4 is 10.6 Å². The fourth-order valence-electron chi connectivity index (χ4n) is 2.72. The third kappa shape index (κ3) is 4.17. The second-order valence-corrected chi connectivity index (χ2v) is 6.65. The van der Waals surface area contributed by atoms with Gasteiger partial charge in [-0.2, -0.15) is 11.3 Å². The number of H-pyrrole nitrogens is 1. The molecule has 3 aromatic rings. The molecule has 0 fully saturated rings. The fourth-order valence-corrected chi connectivity index (χ4v) is 3.38. The molecule has 1 aromatic carbocycles. The molecule has 24 heavy (non-hydrogen) atoms. The normalized spacial score (nSPS) is 11.8. The highest BCUT2D eigenvalue weighted by atomic mass is 32.1. The number of nitrogens with zero attached hydrogens (tertiary/aromatic N) is 1. The van der Waals surface area contributed by atoms with Crippen molar-refractivity contribution >= 4 is 28.2 Å². The van der Waals surface area contributed by atoms with E-state index in [1.807, 2.05) is 0 Å². The Balaban J connectivity index is 1.59. The first-order chi connectivity index (χ1) is 11.8. The molecule has 0 spiro atoms. The molecule has 2 heterocycles. The number of aryl methyl sites for hydroxylation is 1. The van der Waals surface area contributed by atoms with Crippen LogP contribution in [0.3, 0.4) is 0 Å². The van der Waals surface area contributed by atoms with Crippen LogP contribution in [0.25, 0.3) is 10.9 Å². The molecular formula is C19H24N4S. The Morgan fingerprint density at radius 3 is 2.96 bits per heavy atom. The number of hydrogen-bond donors (Lipinski definition) is 3. The number of thiophene rings is 1. The molecule has 2 aromatic heterocycles. The Hall–Kier alpha value is -2.27. The first-order valence-corrected chi connectivity index (χ1v) is 9.30. The maximum Gasteiger partial charge on any atom is 0.191 e. The van der Waals surface area contributed by atoms with Crippen LogP contribution in [0.4, 0.5) is 0 Å². The van der Waals surface area contributed by atoms with Gasteiger partial charge in [0.1, 0.15) is 0 Å². The largest absolute Gasteiger partial charge is 0.361 e. The molecule has 0 aliphatic carbocycles. The Morgan fingerprint density at radius 2 is 2.17 bits per heavy atom. The van der Waals surface area contributed by atoms with Gasteiger partial charge in [-0.05, 0) is 59.9 Å². The van der Waals surface area contributed by atoms with Gasteiger partial charge in [-0.15, -0.1) is 0 Å². The number of guanidine groups is 1. The van der Waals surface area contributed by atoms with Crippen LogP contribution in [0.5, 0.6) is 0 Å². The lowest BCUT2D eigenvalue weighted by Crippen LogP contribution is -2.38. The lowest BCUT2D eigenvalue weighted by Gasteiger charge is -2.11. The van der Waals surface area contributed by atoms with Crippen LogP contribution in [0.1, 0.15) is 23.6 Å². The van der Waals surface area contributed by atoms with Gasteiger partial charge in [-0.3, -0.25) is 0 Å². The third-order valence-corrected chi connectivity index (χ3v) is 4.69. The van der Waals surface area contributed by atoms with E-state index in [1.165, 1.54) is 27.6 Å². The van der Waals surface area contributed by atoms with E-state index in [4.69, 9.17) is 0 Å². The average Bonchev–Trinajstić information content (AvgIpc) is 3.22. The van der Waals surface area contributed by atoms with Crippen molar-refractivity contribution in [2.24, 2.45) is 4.99 Å². The van der Waals surface area contributed by atoms with E-state index < -0.39 is 0 Å². The van der Waals surface area contributed by atoms with Crippen molar-refractivity contribution in [2.75, 3.05) is 13.1 Å². The molecule has 0 bridgehead atoms. The number of aromatic amines is 1. The van der Waals surface area contributed by atoms with Crippen molar-refractivity contribution in [1.29, 1.82) is 0 Å². The highest BCUT2D eigenvalue weighted by molar-refractivity contribution is 7.07. The zero-order chi connectivity index (χ0) is 16.8. The maximum atomic E-state index is 4.64. The van der Waals surface area contributed by atoms with E-state index in [1.54, 1.807) is 11.3 Å². The van der Waals surface area contributed by atoms with E-state index in [0.717, 1.165) is 25.5 Å². The van der Waals surface area contributed by atoms with Crippen LogP contribution in [-0.2, 0) is 13.0 Å². The summed E-state index contributed by atoms with van der Waals surface area (Å²) in [6.07, 6.45) is 3.08. The van der Waals surface area contributed by atoms with Gasteiger partial charge in [0, 0.05) is 30.2 Å². The van der Waals surface area contributed by atoms with Crippen LogP contribution >= 0.6 is 11.3 Å². The molecule has 0 atom stereocenters. The molecule has 0 saturated heterocycles. The summed E-state index contributed by atoms with van der Waals surface area (Å²) in [4.78, 5) is 8.01. The number of rotatable bonds is 6. The van der Waals surface area contributed by atoms with Gasteiger partial charge >= 0.3 is 0 Å². The number of hydrogen-bond acceptors (Lipinski definition) is 2. The molecule has 0 aliphatic rings. The van der Waals surface area contributed by atoms with E-state index in [-0.39, 0.29) is 0 Å². The SMILES string of the molecule is CCNC(=NCc1ccsc1)NCCc1c[nH]c2cc(C)ccc12. The summed E-state index contributed by atoms with van der Waals surface area (Å²) in [5.74, 6) is 0.874. The predicted molar refractivity (Wildman–Crippen MR) is 104 cm³/mol. The summed E-state index contributed by atoms with van der Waals surface area (Å²) in [7, 11) is 0. The number of aromatic nitrogens is 1.